The Morgan fingerprint density at radius 1 is 1.09 bits per heavy atom. The van der Waals surface area contributed by atoms with E-state index in [4.69, 9.17) is 9.47 Å². The average molecular weight is 560 g/mol. The first-order valence-electron chi connectivity index (χ1n) is 11.6. The average Bonchev–Trinajstić information content (AvgIpc) is 2.82. The molecule has 32 heavy (non-hydrogen) atoms. The van der Waals surface area contributed by atoms with Gasteiger partial charge < -0.3 is 25.0 Å². The summed E-state index contributed by atoms with van der Waals surface area (Å²) in [7, 11) is 7.46. The van der Waals surface area contributed by atoms with Gasteiger partial charge >= 0.3 is 0 Å². The quantitative estimate of drug-likeness (QED) is 0.303. The molecule has 7 nitrogen and oxygen atoms in total. The molecule has 1 aromatic rings. The van der Waals surface area contributed by atoms with Gasteiger partial charge in [0.15, 0.2) is 5.96 Å². The lowest BCUT2D eigenvalue weighted by molar-refractivity contribution is 0.0173. The Hall–Kier alpha value is -1.26. The molecule has 0 spiro atoms. The molecule has 8 heteroatoms. The molecule has 0 radical (unpaired) electrons. The molecule has 2 N–H and O–H groups in total. The molecular formula is C24H42IN5O2. The van der Waals surface area contributed by atoms with Crippen LogP contribution in [0.25, 0.3) is 0 Å². The number of nitrogens with zero attached hydrogens (tertiary/aromatic N) is 3. The Kier molecular flexibility index (Phi) is 10.8. The van der Waals surface area contributed by atoms with Gasteiger partial charge in [-0.15, -0.1) is 24.0 Å². The number of benzene rings is 1. The number of halogens is 1. The van der Waals surface area contributed by atoms with Crippen LogP contribution in [0.1, 0.15) is 50.6 Å². The molecule has 2 saturated heterocycles. The molecule has 1 atom stereocenters. The van der Waals surface area contributed by atoms with Gasteiger partial charge in [-0.3, -0.25) is 9.89 Å². The fraction of sp³-hybridized carbons (Fsp3) is 0.708. The Morgan fingerprint density at radius 3 is 2.38 bits per heavy atom. The summed E-state index contributed by atoms with van der Waals surface area (Å²) in [6, 6.07) is 5.92. The van der Waals surface area contributed by atoms with Gasteiger partial charge in [0.1, 0.15) is 11.5 Å². The zero-order valence-electron chi connectivity index (χ0n) is 20.4. The van der Waals surface area contributed by atoms with E-state index in [0.717, 1.165) is 42.7 Å². The van der Waals surface area contributed by atoms with Crippen molar-refractivity contribution >= 4 is 29.9 Å². The highest BCUT2D eigenvalue weighted by atomic mass is 127. The smallest absolute Gasteiger partial charge is 0.191 e. The minimum atomic E-state index is 0. The number of guanidine groups is 1. The van der Waals surface area contributed by atoms with E-state index in [1.54, 1.807) is 14.2 Å². The van der Waals surface area contributed by atoms with Gasteiger partial charge in [-0.25, -0.2) is 0 Å². The van der Waals surface area contributed by atoms with E-state index in [1.807, 2.05) is 25.2 Å². The second-order valence-corrected chi connectivity index (χ2v) is 8.97. The van der Waals surface area contributed by atoms with E-state index >= 15 is 0 Å². The molecule has 0 amide bonds. The fourth-order valence-electron chi connectivity index (χ4n) is 4.91. The Morgan fingerprint density at radius 2 is 1.78 bits per heavy atom. The first kappa shape index (κ1) is 27.0. The second-order valence-electron chi connectivity index (χ2n) is 8.97. The summed E-state index contributed by atoms with van der Waals surface area (Å²) in [5.74, 6) is 2.49. The normalized spacial score (nSPS) is 20.7. The summed E-state index contributed by atoms with van der Waals surface area (Å²) in [6.07, 6.45) is 6.40. The van der Waals surface area contributed by atoms with E-state index in [0.29, 0.717) is 0 Å². The highest BCUT2D eigenvalue weighted by molar-refractivity contribution is 14.0. The van der Waals surface area contributed by atoms with Crippen LogP contribution in [0.3, 0.4) is 0 Å². The molecule has 1 aromatic carbocycles. The zero-order valence-corrected chi connectivity index (χ0v) is 22.8. The highest BCUT2D eigenvalue weighted by Crippen LogP contribution is 2.31. The maximum Gasteiger partial charge on any atom is 0.191 e. The van der Waals surface area contributed by atoms with Crippen LogP contribution in [-0.4, -0.2) is 82.3 Å². The third-order valence-corrected chi connectivity index (χ3v) is 7.01. The minimum absolute atomic E-state index is 0. The summed E-state index contributed by atoms with van der Waals surface area (Å²) < 4.78 is 11.0. The van der Waals surface area contributed by atoms with E-state index in [9.17, 15) is 0 Å². The van der Waals surface area contributed by atoms with E-state index in [-0.39, 0.29) is 35.6 Å². The van der Waals surface area contributed by atoms with Crippen molar-refractivity contribution in [2.75, 3.05) is 61.0 Å². The van der Waals surface area contributed by atoms with Crippen molar-refractivity contribution in [2.45, 2.75) is 50.6 Å². The number of hydrogen-bond acceptors (Lipinski definition) is 5. The Balaban J connectivity index is 0.00000363. The predicted octanol–water partition coefficient (Wildman–Crippen LogP) is 3.50. The van der Waals surface area contributed by atoms with Crippen molar-refractivity contribution in [1.82, 2.24) is 20.4 Å². The summed E-state index contributed by atoms with van der Waals surface area (Å²) in [5, 5.41) is 7.22. The van der Waals surface area contributed by atoms with Crippen molar-refractivity contribution in [3.63, 3.8) is 0 Å². The summed E-state index contributed by atoms with van der Waals surface area (Å²) in [5.41, 5.74) is 1.26. The van der Waals surface area contributed by atoms with Gasteiger partial charge in [0, 0.05) is 24.7 Å². The number of aliphatic imine (C=N–C) groups is 1. The van der Waals surface area contributed by atoms with Crippen molar-refractivity contribution in [3.8, 4) is 11.5 Å². The molecule has 2 aliphatic rings. The maximum atomic E-state index is 5.57. The van der Waals surface area contributed by atoms with Gasteiger partial charge in [-0.1, -0.05) is 6.42 Å². The first-order chi connectivity index (χ1) is 15.0. The molecule has 0 saturated carbocycles. The monoisotopic (exact) mass is 559 g/mol. The third kappa shape index (κ3) is 6.63. The number of nitrogens with one attached hydrogen (secondary N) is 2. The summed E-state index contributed by atoms with van der Waals surface area (Å²) in [4.78, 5) is 9.72. The predicted molar refractivity (Wildman–Crippen MR) is 143 cm³/mol. The lowest BCUT2D eigenvalue weighted by Gasteiger charge is -2.50. The molecule has 2 heterocycles. The summed E-state index contributed by atoms with van der Waals surface area (Å²) >= 11 is 0. The molecule has 2 aliphatic heterocycles. The van der Waals surface area contributed by atoms with Gasteiger partial charge in [0.05, 0.1) is 20.3 Å². The fourth-order valence-corrected chi connectivity index (χ4v) is 4.91. The number of rotatable bonds is 7. The van der Waals surface area contributed by atoms with Crippen molar-refractivity contribution in [1.29, 1.82) is 0 Å². The van der Waals surface area contributed by atoms with E-state index in [2.05, 4.69) is 39.4 Å². The van der Waals surface area contributed by atoms with Crippen LogP contribution in [0.15, 0.2) is 23.2 Å². The summed E-state index contributed by atoms with van der Waals surface area (Å²) in [6.45, 7) is 7.79. The molecule has 0 aliphatic carbocycles. The van der Waals surface area contributed by atoms with Crippen LogP contribution in [-0.2, 0) is 0 Å². The van der Waals surface area contributed by atoms with Gasteiger partial charge in [0.25, 0.3) is 0 Å². The molecule has 0 bridgehead atoms. The first-order valence-corrected chi connectivity index (χ1v) is 11.6. The van der Waals surface area contributed by atoms with E-state index in [1.165, 1.54) is 45.2 Å². The largest absolute Gasteiger partial charge is 0.497 e. The molecule has 3 rings (SSSR count). The van der Waals surface area contributed by atoms with Gasteiger partial charge in [-0.05, 0) is 84.0 Å². The van der Waals surface area contributed by atoms with Crippen LogP contribution < -0.4 is 20.1 Å². The Labute approximate surface area is 211 Å². The number of hydrogen-bond donors (Lipinski definition) is 2. The second kappa shape index (κ2) is 12.8. The molecule has 2 fully saturated rings. The van der Waals surface area contributed by atoms with Crippen LogP contribution >= 0.6 is 24.0 Å². The van der Waals surface area contributed by atoms with Gasteiger partial charge in [-0.2, -0.15) is 0 Å². The van der Waals surface area contributed by atoms with Crippen LogP contribution in [0.2, 0.25) is 0 Å². The third-order valence-electron chi connectivity index (χ3n) is 7.01. The van der Waals surface area contributed by atoms with Crippen LogP contribution in [0.4, 0.5) is 0 Å². The number of ether oxygens (including phenoxy) is 2. The molecule has 0 aromatic heterocycles. The minimum Gasteiger partial charge on any atom is -0.497 e. The van der Waals surface area contributed by atoms with Gasteiger partial charge in [0.2, 0.25) is 0 Å². The lowest BCUT2D eigenvalue weighted by Crippen LogP contribution is -2.62. The van der Waals surface area contributed by atoms with Crippen molar-refractivity contribution in [2.24, 2.45) is 4.99 Å². The maximum absolute atomic E-state index is 5.57. The van der Waals surface area contributed by atoms with E-state index < -0.39 is 0 Å². The molecular weight excluding hydrogens is 517 g/mol. The standard InChI is InChI=1S/C24H41N5O2.HI/c1-19(21-17-20(30-4)9-10-22(21)31-5)27-23(25-2)26-18-24(11-15-28(3)16-12-24)29-13-7-6-8-14-29;/h9-10,17,19H,6-8,11-16,18H2,1-5H3,(H2,25,26,27);1H. The topological polar surface area (TPSA) is 61.4 Å². The number of likely N-dealkylation sites (tertiary alicyclic amines) is 2. The SMILES string of the molecule is CN=C(NCC1(N2CCCCC2)CCN(C)CC1)NC(C)c1cc(OC)ccc1OC.I. The van der Waals surface area contributed by atoms with Crippen molar-refractivity contribution in [3.05, 3.63) is 23.8 Å². The molecule has 1 unspecified atom stereocenters. The zero-order chi connectivity index (χ0) is 22.3. The Bertz CT molecular complexity index is 731. The van der Waals surface area contributed by atoms with Crippen LogP contribution in [0.5, 0.6) is 11.5 Å². The highest BCUT2D eigenvalue weighted by Gasteiger charge is 2.39. The number of methoxy groups -OCH3 is 2. The molecule has 182 valence electrons. The van der Waals surface area contributed by atoms with Crippen LogP contribution in [0, 0.1) is 0 Å². The lowest BCUT2D eigenvalue weighted by atomic mass is 9.84. The number of piperidine rings is 2. The van der Waals surface area contributed by atoms with Crippen molar-refractivity contribution < 1.29 is 9.47 Å².